The molecule has 1 aliphatic rings. The Hall–Kier alpha value is -3.33. The number of fused-ring (bicyclic) bond motifs is 3. The van der Waals surface area contributed by atoms with Gasteiger partial charge in [-0.05, 0) is 35.9 Å². The van der Waals surface area contributed by atoms with Crippen molar-refractivity contribution in [3.63, 3.8) is 0 Å². The lowest BCUT2D eigenvalue weighted by atomic mass is 9.95. The zero-order valence-corrected chi connectivity index (χ0v) is 13.5. The lowest BCUT2D eigenvalue weighted by Gasteiger charge is -2.22. The van der Waals surface area contributed by atoms with E-state index in [0.29, 0.717) is 6.61 Å². The van der Waals surface area contributed by atoms with Gasteiger partial charge < -0.3 is 9.15 Å². The normalized spacial score (nSPS) is 12.2. The Bertz CT molecular complexity index is 1040. The van der Waals surface area contributed by atoms with Gasteiger partial charge in [0.1, 0.15) is 18.1 Å². The Kier molecular flexibility index (Phi) is 3.17. The zero-order chi connectivity index (χ0) is 16.6. The Balaban J connectivity index is 1.79. The Morgan fingerprint density at radius 1 is 0.760 bits per heavy atom. The smallest absolute Gasteiger partial charge is 0.152 e. The Labute approximate surface area is 145 Å². The van der Waals surface area contributed by atoms with Crippen LogP contribution in [-0.2, 0) is 6.61 Å². The molecule has 0 N–H and O–H groups in total. The lowest BCUT2D eigenvalue weighted by Crippen LogP contribution is -2.08. The highest BCUT2D eigenvalue weighted by atomic mass is 16.5. The summed E-state index contributed by atoms with van der Waals surface area (Å²) in [7, 11) is 0. The molecule has 0 atom stereocenters. The Morgan fingerprint density at radius 2 is 1.60 bits per heavy atom. The van der Waals surface area contributed by atoms with Crippen molar-refractivity contribution in [1.82, 2.24) is 4.98 Å². The number of benzene rings is 2. The van der Waals surface area contributed by atoms with Crippen LogP contribution in [0.3, 0.4) is 0 Å². The largest absolute Gasteiger partial charge is 0.488 e. The second-order valence-corrected chi connectivity index (χ2v) is 6.02. The second-order valence-electron chi connectivity index (χ2n) is 6.02. The molecule has 0 radical (unpaired) electrons. The van der Waals surface area contributed by atoms with Gasteiger partial charge >= 0.3 is 0 Å². The van der Waals surface area contributed by atoms with Gasteiger partial charge in [-0.15, -0.1) is 0 Å². The van der Waals surface area contributed by atoms with Crippen molar-refractivity contribution in [2.24, 2.45) is 0 Å². The summed E-state index contributed by atoms with van der Waals surface area (Å²) >= 11 is 0. The summed E-state index contributed by atoms with van der Waals surface area (Å²) in [5, 5.41) is 0. The van der Waals surface area contributed by atoms with Crippen molar-refractivity contribution in [3.8, 4) is 39.6 Å². The van der Waals surface area contributed by atoms with Crippen LogP contribution in [0.4, 0.5) is 0 Å². The van der Waals surface area contributed by atoms with Crippen LogP contribution < -0.4 is 4.74 Å². The highest BCUT2D eigenvalue weighted by Crippen LogP contribution is 2.41. The van der Waals surface area contributed by atoms with Gasteiger partial charge in [-0.3, -0.25) is 0 Å². The maximum absolute atomic E-state index is 5.91. The molecule has 0 saturated heterocycles. The van der Waals surface area contributed by atoms with Crippen LogP contribution in [0.5, 0.6) is 5.75 Å². The molecule has 0 bridgehead atoms. The van der Waals surface area contributed by atoms with E-state index in [4.69, 9.17) is 14.1 Å². The number of hydrogen-bond donors (Lipinski definition) is 0. The van der Waals surface area contributed by atoms with Crippen molar-refractivity contribution in [2.45, 2.75) is 6.61 Å². The molecular weight excluding hydrogens is 310 g/mol. The molecule has 3 heteroatoms. The molecule has 0 unspecified atom stereocenters. The average molecular weight is 325 g/mol. The van der Waals surface area contributed by atoms with Crippen LogP contribution in [0.1, 0.15) is 5.56 Å². The summed E-state index contributed by atoms with van der Waals surface area (Å²) in [4.78, 5) is 5.00. The number of aromatic nitrogens is 1. The minimum absolute atomic E-state index is 0.525. The van der Waals surface area contributed by atoms with Crippen molar-refractivity contribution in [1.29, 1.82) is 0 Å². The standard InChI is InChI=1S/C22H15NO2/c1-2-7-15(8-3-1)18-13-16-14-25-19-10-5-4-9-17(19)21(16)23-22(18)20-11-6-12-24-20/h1-13H,14H2. The zero-order valence-electron chi connectivity index (χ0n) is 13.5. The first-order valence-corrected chi connectivity index (χ1v) is 8.25. The fourth-order valence-corrected chi connectivity index (χ4v) is 3.28. The van der Waals surface area contributed by atoms with Crippen molar-refractivity contribution >= 4 is 0 Å². The second kappa shape index (κ2) is 5.64. The van der Waals surface area contributed by atoms with Crippen LogP contribution in [0.25, 0.3) is 33.8 Å². The molecule has 5 rings (SSSR count). The number of rotatable bonds is 2. The molecule has 2 aromatic heterocycles. The molecular formula is C22H15NO2. The summed E-state index contributed by atoms with van der Waals surface area (Å²) in [6, 6.07) is 24.3. The first-order valence-electron chi connectivity index (χ1n) is 8.25. The molecule has 3 heterocycles. The number of hydrogen-bond acceptors (Lipinski definition) is 3. The summed E-state index contributed by atoms with van der Waals surface area (Å²) in [6.07, 6.45) is 1.68. The molecule has 120 valence electrons. The molecule has 0 fully saturated rings. The van der Waals surface area contributed by atoms with E-state index in [1.165, 1.54) is 0 Å². The van der Waals surface area contributed by atoms with Crippen molar-refractivity contribution in [2.75, 3.05) is 0 Å². The van der Waals surface area contributed by atoms with Gasteiger partial charge in [0.05, 0.1) is 12.0 Å². The molecule has 2 aromatic carbocycles. The van der Waals surface area contributed by atoms with E-state index in [9.17, 15) is 0 Å². The van der Waals surface area contributed by atoms with E-state index in [2.05, 4.69) is 24.3 Å². The van der Waals surface area contributed by atoms with Gasteiger partial charge in [0.2, 0.25) is 0 Å². The number of nitrogens with zero attached hydrogens (tertiary/aromatic N) is 1. The molecule has 25 heavy (non-hydrogen) atoms. The molecule has 1 aliphatic heterocycles. The summed E-state index contributed by atoms with van der Waals surface area (Å²) < 4.78 is 11.6. The molecule has 0 aliphatic carbocycles. The SMILES string of the molecule is c1ccc(-c2cc3c(nc2-c2ccco2)-c2ccccc2OC3)cc1. The third kappa shape index (κ3) is 2.32. The molecule has 3 nitrogen and oxygen atoms in total. The van der Waals surface area contributed by atoms with E-state index < -0.39 is 0 Å². The van der Waals surface area contributed by atoms with Gasteiger partial charge in [-0.1, -0.05) is 42.5 Å². The lowest BCUT2D eigenvalue weighted by molar-refractivity contribution is 0.301. The monoisotopic (exact) mass is 325 g/mol. The summed E-state index contributed by atoms with van der Waals surface area (Å²) in [5.74, 6) is 1.64. The van der Waals surface area contributed by atoms with Crippen LogP contribution in [0, 0.1) is 0 Å². The molecule has 0 amide bonds. The first kappa shape index (κ1) is 14.1. The van der Waals surface area contributed by atoms with E-state index in [0.717, 1.165) is 45.2 Å². The Morgan fingerprint density at radius 3 is 2.44 bits per heavy atom. The summed E-state index contributed by atoms with van der Waals surface area (Å²) in [5.41, 5.74) is 6.10. The van der Waals surface area contributed by atoms with Gasteiger partial charge in [0, 0.05) is 16.7 Å². The predicted octanol–water partition coefficient (Wildman–Crippen LogP) is 5.57. The highest BCUT2D eigenvalue weighted by molar-refractivity contribution is 5.84. The molecule has 4 aromatic rings. The average Bonchev–Trinajstić information content (AvgIpc) is 3.22. The predicted molar refractivity (Wildman–Crippen MR) is 97.1 cm³/mol. The van der Waals surface area contributed by atoms with Crippen molar-refractivity contribution in [3.05, 3.63) is 84.6 Å². The fourth-order valence-electron chi connectivity index (χ4n) is 3.28. The van der Waals surface area contributed by atoms with Crippen LogP contribution in [0.2, 0.25) is 0 Å². The first-order chi connectivity index (χ1) is 12.4. The minimum Gasteiger partial charge on any atom is -0.488 e. The highest BCUT2D eigenvalue weighted by Gasteiger charge is 2.22. The van der Waals surface area contributed by atoms with Gasteiger partial charge in [-0.2, -0.15) is 0 Å². The van der Waals surface area contributed by atoms with E-state index >= 15 is 0 Å². The van der Waals surface area contributed by atoms with E-state index in [1.54, 1.807) is 6.26 Å². The summed E-state index contributed by atoms with van der Waals surface area (Å²) in [6.45, 7) is 0.525. The molecule has 0 spiro atoms. The number of para-hydroxylation sites is 1. The number of pyridine rings is 1. The third-order valence-corrected chi connectivity index (χ3v) is 4.47. The topological polar surface area (TPSA) is 35.3 Å². The maximum Gasteiger partial charge on any atom is 0.152 e. The maximum atomic E-state index is 5.91. The van der Waals surface area contributed by atoms with E-state index in [1.807, 2.05) is 48.5 Å². The minimum atomic E-state index is 0.525. The number of furan rings is 1. The van der Waals surface area contributed by atoms with Gasteiger partial charge in [0.15, 0.2) is 5.76 Å². The van der Waals surface area contributed by atoms with Crippen molar-refractivity contribution < 1.29 is 9.15 Å². The van der Waals surface area contributed by atoms with Gasteiger partial charge in [-0.25, -0.2) is 4.98 Å². The third-order valence-electron chi connectivity index (χ3n) is 4.47. The van der Waals surface area contributed by atoms with Gasteiger partial charge in [0.25, 0.3) is 0 Å². The fraction of sp³-hybridized carbons (Fsp3) is 0.0455. The quantitative estimate of drug-likeness (QED) is 0.483. The van der Waals surface area contributed by atoms with E-state index in [-0.39, 0.29) is 0 Å². The van der Waals surface area contributed by atoms with Crippen LogP contribution in [0.15, 0.2) is 83.5 Å². The van der Waals surface area contributed by atoms with Crippen LogP contribution in [-0.4, -0.2) is 4.98 Å². The number of ether oxygens (including phenoxy) is 1. The van der Waals surface area contributed by atoms with Crippen LogP contribution >= 0.6 is 0 Å². The molecule has 0 saturated carbocycles.